The first-order valence-electron chi connectivity index (χ1n) is 6.79. The zero-order valence-electron chi connectivity index (χ0n) is 12.2. The molecule has 9 heteroatoms. The highest BCUT2D eigenvalue weighted by molar-refractivity contribution is 7.89. The van der Waals surface area contributed by atoms with Gasteiger partial charge in [-0.05, 0) is 18.6 Å². The second kappa shape index (κ2) is 8.44. The molecule has 122 valence electrons. The Morgan fingerprint density at radius 1 is 1.36 bits per heavy atom. The van der Waals surface area contributed by atoms with Crippen LogP contribution >= 0.6 is 0 Å². The number of sulfonamides is 1. The molecule has 0 saturated carbocycles. The minimum Gasteiger partial charge on any atom is -0.465 e. The summed E-state index contributed by atoms with van der Waals surface area (Å²) in [5.41, 5.74) is 0. The number of amides is 1. The van der Waals surface area contributed by atoms with Crippen molar-refractivity contribution in [2.24, 2.45) is 0 Å². The lowest BCUT2D eigenvalue weighted by atomic mass is 10.1. The average Bonchev–Trinajstić information content (AvgIpc) is 2.49. The number of rotatable bonds is 9. The first kappa shape index (κ1) is 18.1. The van der Waals surface area contributed by atoms with Crippen molar-refractivity contribution in [3.05, 3.63) is 24.4 Å². The Hall–Kier alpha value is -2.00. The van der Waals surface area contributed by atoms with E-state index >= 15 is 0 Å². The molecule has 0 aromatic carbocycles. The average molecular weight is 329 g/mol. The van der Waals surface area contributed by atoms with Gasteiger partial charge in [-0.2, -0.15) is 0 Å². The number of unbranched alkanes of at least 4 members (excludes halogenated alkanes) is 1. The molecule has 0 fully saturated rings. The summed E-state index contributed by atoms with van der Waals surface area (Å²) in [4.78, 5) is 26.4. The van der Waals surface area contributed by atoms with Crippen molar-refractivity contribution in [2.45, 2.75) is 37.3 Å². The summed E-state index contributed by atoms with van der Waals surface area (Å²) in [6.07, 6.45) is 1.79. The number of nitrogens with one attached hydrogen (secondary N) is 2. The highest BCUT2D eigenvalue weighted by atomic mass is 32.2. The van der Waals surface area contributed by atoms with E-state index in [-0.39, 0.29) is 5.03 Å². The molecule has 0 saturated heterocycles. The third kappa shape index (κ3) is 5.78. The first-order chi connectivity index (χ1) is 10.4. The number of aromatic nitrogens is 1. The van der Waals surface area contributed by atoms with Crippen LogP contribution in [0, 0.1) is 0 Å². The second-order valence-electron chi connectivity index (χ2n) is 4.60. The number of pyridine rings is 1. The molecule has 0 unspecified atom stereocenters. The molecule has 1 atom stereocenters. The molecule has 0 aliphatic rings. The quantitative estimate of drug-likeness (QED) is 0.614. The van der Waals surface area contributed by atoms with Crippen LogP contribution in [0.1, 0.15) is 26.2 Å². The Bertz CT molecular complexity index is 603. The predicted molar refractivity (Wildman–Crippen MR) is 78.9 cm³/mol. The highest BCUT2D eigenvalue weighted by Crippen LogP contribution is 2.05. The summed E-state index contributed by atoms with van der Waals surface area (Å²) in [7, 11) is -3.89. The normalized spacial score (nSPS) is 12.6. The fraction of sp³-hybridized carbons (Fsp3) is 0.462. The smallest absolute Gasteiger partial charge is 0.405 e. The molecule has 0 bridgehead atoms. The Morgan fingerprint density at radius 3 is 2.64 bits per heavy atom. The third-order valence-electron chi connectivity index (χ3n) is 2.88. The molecule has 1 amide bonds. The van der Waals surface area contributed by atoms with Crippen LogP contribution in [-0.2, 0) is 14.8 Å². The van der Waals surface area contributed by atoms with Crippen LogP contribution in [0.5, 0.6) is 0 Å². The van der Waals surface area contributed by atoms with E-state index in [1.165, 1.54) is 18.3 Å². The maximum atomic E-state index is 12.0. The molecule has 1 aromatic heterocycles. The standard InChI is InChI=1S/C13H19N3O5S/c1-2-3-6-10(16-13(18)19)11(17)9-15-22(20,21)12-7-4-5-8-14-12/h4-5,7-8,10,15-16H,2-3,6,9H2,1H3,(H,18,19)/t10-/m0/s1. The molecule has 22 heavy (non-hydrogen) atoms. The Kier molecular flexibility index (Phi) is 6.93. The monoisotopic (exact) mass is 329 g/mol. The fourth-order valence-electron chi connectivity index (χ4n) is 1.74. The van der Waals surface area contributed by atoms with Gasteiger partial charge in [0.1, 0.15) is 0 Å². The number of ketones is 1. The van der Waals surface area contributed by atoms with E-state index in [1.54, 1.807) is 6.07 Å². The van der Waals surface area contributed by atoms with E-state index in [0.717, 1.165) is 6.42 Å². The number of hydrogen-bond acceptors (Lipinski definition) is 5. The van der Waals surface area contributed by atoms with Crippen LogP contribution in [0.15, 0.2) is 29.4 Å². The summed E-state index contributed by atoms with van der Waals surface area (Å²) >= 11 is 0. The molecule has 1 rings (SSSR count). The van der Waals surface area contributed by atoms with Crippen molar-refractivity contribution in [1.82, 2.24) is 15.0 Å². The van der Waals surface area contributed by atoms with Gasteiger partial charge >= 0.3 is 6.09 Å². The zero-order chi connectivity index (χ0) is 16.6. The largest absolute Gasteiger partial charge is 0.465 e. The molecule has 1 heterocycles. The lowest BCUT2D eigenvalue weighted by molar-refractivity contribution is -0.120. The minimum atomic E-state index is -3.89. The Morgan fingerprint density at radius 2 is 2.09 bits per heavy atom. The van der Waals surface area contributed by atoms with Gasteiger partial charge in [0.15, 0.2) is 10.8 Å². The molecule has 0 aliphatic carbocycles. The maximum Gasteiger partial charge on any atom is 0.405 e. The summed E-state index contributed by atoms with van der Waals surface area (Å²) in [6.45, 7) is 1.42. The number of carbonyl (C=O) groups excluding carboxylic acids is 1. The number of hydrogen-bond donors (Lipinski definition) is 3. The van der Waals surface area contributed by atoms with Crippen molar-refractivity contribution in [3.63, 3.8) is 0 Å². The number of nitrogens with zero attached hydrogens (tertiary/aromatic N) is 1. The van der Waals surface area contributed by atoms with Crippen LogP contribution < -0.4 is 10.0 Å². The van der Waals surface area contributed by atoms with Gasteiger partial charge in [0, 0.05) is 6.20 Å². The van der Waals surface area contributed by atoms with Crippen LogP contribution in [0.2, 0.25) is 0 Å². The van der Waals surface area contributed by atoms with Crippen molar-refractivity contribution < 1.29 is 23.1 Å². The Balaban J connectivity index is 2.67. The van der Waals surface area contributed by atoms with Crippen molar-refractivity contribution >= 4 is 21.9 Å². The van der Waals surface area contributed by atoms with Gasteiger partial charge < -0.3 is 10.4 Å². The van der Waals surface area contributed by atoms with Crippen LogP contribution in [-0.4, -0.2) is 43.0 Å². The lowest BCUT2D eigenvalue weighted by Gasteiger charge is -2.15. The highest BCUT2D eigenvalue weighted by Gasteiger charge is 2.23. The van der Waals surface area contributed by atoms with Gasteiger partial charge in [-0.15, -0.1) is 0 Å². The van der Waals surface area contributed by atoms with Crippen LogP contribution in [0.3, 0.4) is 0 Å². The molecule has 0 radical (unpaired) electrons. The molecular formula is C13H19N3O5S. The van der Waals surface area contributed by atoms with E-state index < -0.39 is 34.5 Å². The summed E-state index contributed by atoms with van der Waals surface area (Å²) in [5.74, 6) is -0.532. The molecular weight excluding hydrogens is 310 g/mol. The molecule has 0 spiro atoms. The molecule has 1 aromatic rings. The SMILES string of the molecule is CCCC[C@H](NC(=O)O)C(=O)CNS(=O)(=O)c1ccccn1. The van der Waals surface area contributed by atoms with Crippen LogP contribution in [0.4, 0.5) is 4.79 Å². The van der Waals surface area contributed by atoms with Gasteiger partial charge in [0.2, 0.25) is 0 Å². The summed E-state index contributed by atoms with van der Waals surface area (Å²) in [5, 5.41) is 10.6. The van der Waals surface area contributed by atoms with E-state index in [2.05, 4.69) is 15.0 Å². The lowest BCUT2D eigenvalue weighted by Crippen LogP contribution is -2.45. The second-order valence-corrected chi connectivity index (χ2v) is 6.32. The Labute approximate surface area is 129 Å². The fourth-order valence-corrected chi connectivity index (χ4v) is 2.68. The van der Waals surface area contributed by atoms with E-state index in [4.69, 9.17) is 5.11 Å². The zero-order valence-corrected chi connectivity index (χ0v) is 13.0. The third-order valence-corrected chi connectivity index (χ3v) is 4.20. The molecule has 8 nitrogen and oxygen atoms in total. The number of carboxylic acid groups (broad SMARTS) is 1. The van der Waals surface area contributed by atoms with Gasteiger partial charge in [0.05, 0.1) is 12.6 Å². The molecule has 3 N–H and O–H groups in total. The van der Waals surface area contributed by atoms with E-state index in [9.17, 15) is 18.0 Å². The van der Waals surface area contributed by atoms with Crippen molar-refractivity contribution in [2.75, 3.05) is 6.54 Å². The van der Waals surface area contributed by atoms with Gasteiger partial charge in [0.25, 0.3) is 10.0 Å². The van der Waals surface area contributed by atoms with Gasteiger partial charge in [-0.25, -0.2) is 22.9 Å². The summed E-state index contributed by atoms with van der Waals surface area (Å²) in [6, 6.07) is 3.46. The van der Waals surface area contributed by atoms with Gasteiger partial charge in [-0.1, -0.05) is 25.8 Å². The summed E-state index contributed by atoms with van der Waals surface area (Å²) < 4.78 is 26.0. The van der Waals surface area contributed by atoms with Gasteiger partial charge in [-0.3, -0.25) is 4.79 Å². The van der Waals surface area contributed by atoms with Crippen molar-refractivity contribution in [1.29, 1.82) is 0 Å². The first-order valence-corrected chi connectivity index (χ1v) is 8.28. The predicted octanol–water partition coefficient (Wildman–Crippen LogP) is 0.755. The van der Waals surface area contributed by atoms with E-state index in [1.807, 2.05) is 6.92 Å². The molecule has 0 aliphatic heterocycles. The number of carbonyl (C=O) groups is 2. The topological polar surface area (TPSA) is 125 Å². The number of Topliss-reactive ketones (excluding diaryl/α,β-unsaturated/α-hetero) is 1. The van der Waals surface area contributed by atoms with Crippen molar-refractivity contribution in [3.8, 4) is 0 Å². The van der Waals surface area contributed by atoms with E-state index in [0.29, 0.717) is 12.8 Å². The maximum absolute atomic E-state index is 12.0. The van der Waals surface area contributed by atoms with Crippen LogP contribution in [0.25, 0.3) is 0 Å². The minimum absolute atomic E-state index is 0.195.